The normalized spacial score (nSPS) is 16.1. The van der Waals surface area contributed by atoms with E-state index in [2.05, 4.69) is 0 Å². The molecule has 0 aliphatic carbocycles. The van der Waals surface area contributed by atoms with Gasteiger partial charge >= 0.3 is 11.9 Å². The number of carbonyl (C=O) groups excluding carboxylic acids is 2. The summed E-state index contributed by atoms with van der Waals surface area (Å²) in [6, 6.07) is 0. The topological polar surface area (TPSA) is 93.1 Å². The fourth-order valence-corrected chi connectivity index (χ4v) is 1.10. The molecule has 3 atom stereocenters. The van der Waals surface area contributed by atoms with Gasteiger partial charge in [0.05, 0.1) is 12.7 Å². The maximum atomic E-state index is 11.3. The van der Waals surface area contributed by atoms with Crippen molar-refractivity contribution in [2.24, 2.45) is 0 Å². The highest BCUT2D eigenvalue weighted by molar-refractivity contribution is 5.82. The molecule has 0 unspecified atom stereocenters. The number of rotatable bonds is 8. The Morgan fingerprint density at radius 1 is 1.15 bits per heavy atom. The fourth-order valence-electron chi connectivity index (χ4n) is 1.10. The maximum Gasteiger partial charge on any atom is 0.330 e. The number of hydrogen-bond acceptors (Lipinski definition) is 6. The van der Waals surface area contributed by atoms with Crippen LogP contribution in [0.3, 0.4) is 0 Å². The summed E-state index contributed by atoms with van der Waals surface area (Å²) in [7, 11) is 0. The molecule has 0 aromatic heterocycles. The van der Waals surface area contributed by atoms with Crippen LogP contribution in [-0.2, 0) is 19.1 Å². The second kappa shape index (κ2) is 10.2. The molecule has 0 aliphatic rings. The van der Waals surface area contributed by atoms with Gasteiger partial charge in [0.25, 0.3) is 0 Å². The SMILES string of the molecule is CC[C@@H](C)OC(=O)/C=C/[C@@H](O)[C@@H](C)OC(=O)/C=C/CO. The number of carbonyl (C=O) groups is 2. The molecule has 114 valence electrons. The van der Waals surface area contributed by atoms with E-state index in [1.165, 1.54) is 19.1 Å². The van der Waals surface area contributed by atoms with E-state index < -0.39 is 24.1 Å². The van der Waals surface area contributed by atoms with Crippen LogP contribution in [0.25, 0.3) is 0 Å². The Morgan fingerprint density at radius 2 is 1.75 bits per heavy atom. The minimum atomic E-state index is -1.12. The second-order valence-corrected chi connectivity index (χ2v) is 4.23. The number of ether oxygens (including phenoxy) is 2. The van der Waals surface area contributed by atoms with Crippen molar-refractivity contribution in [3.63, 3.8) is 0 Å². The van der Waals surface area contributed by atoms with E-state index in [-0.39, 0.29) is 12.7 Å². The largest absolute Gasteiger partial charge is 0.460 e. The molecular weight excluding hydrogens is 264 g/mol. The average Bonchev–Trinajstić information content (AvgIpc) is 2.42. The highest BCUT2D eigenvalue weighted by Gasteiger charge is 2.15. The first-order valence-corrected chi connectivity index (χ1v) is 6.45. The third-order valence-corrected chi connectivity index (χ3v) is 2.46. The average molecular weight is 286 g/mol. The molecule has 0 spiro atoms. The van der Waals surface area contributed by atoms with E-state index in [9.17, 15) is 14.7 Å². The van der Waals surface area contributed by atoms with E-state index in [4.69, 9.17) is 14.6 Å². The molecule has 0 aromatic carbocycles. The Labute approximate surface area is 118 Å². The molecule has 6 nitrogen and oxygen atoms in total. The Bertz CT molecular complexity index is 361. The minimum Gasteiger partial charge on any atom is -0.460 e. The first-order valence-electron chi connectivity index (χ1n) is 6.45. The highest BCUT2D eigenvalue weighted by atomic mass is 16.6. The molecule has 0 radical (unpaired) electrons. The minimum absolute atomic E-state index is 0.192. The van der Waals surface area contributed by atoms with Crippen molar-refractivity contribution in [2.45, 2.75) is 45.5 Å². The van der Waals surface area contributed by atoms with Gasteiger partial charge in [0.1, 0.15) is 12.2 Å². The van der Waals surface area contributed by atoms with E-state index in [1.807, 2.05) is 6.92 Å². The number of hydrogen-bond donors (Lipinski definition) is 2. The third-order valence-electron chi connectivity index (χ3n) is 2.46. The molecule has 0 rings (SSSR count). The quantitative estimate of drug-likeness (QED) is 0.504. The molecular formula is C14H22O6. The first-order chi connectivity index (χ1) is 9.40. The molecule has 0 fully saturated rings. The summed E-state index contributed by atoms with van der Waals surface area (Å²) in [6.45, 7) is 4.87. The Balaban J connectivity index is 4.24. The first kappa shape index (κ1) is 18.3. The lowest BCUT2D eigenvalue weighted by molar-refractivity contribution is -0.146. The summed E-state index contributed by atoms with van der Waals surface area (Å²) < 4.78 is 9.84. The fraction of sp³-hybridized carbons (Fsp3) is 0.571. The van der Waals surface area contributed by atoms with Gasteiger partial charge in [-0.3, -0.25) is 0 Å². The van der Waals surface area contributed by atoms with Crippen molar-refractivity contribution in [1.29, 1.82) is 0 Å². The van der Waals surface area contributed by atoms with Crippen molar-refractivity contribution in [1.82, 2.24) is 0 Å². The molecule has 0 saturated carbocycles. The smallest absolute Gasteiger partial charge is 0.330 e. The second-order valence-electron chi connectivity index (χ2n) is 4.23. The lowest BCUT2D eigenvalue weighted by Crippen LogP contribution is -2.26. The van der Waals surface area contributed by atoms with Gasteiger partial charge in [0.2, 0.25) is 0 Å². The van der Waals surface area contributed by atoms with Crippen LogP contribution in [0.5, 0.6) is 0 Å². The summed E-state index contributed by atoms with van der Waals surface area (Å²) in [5, 5.41) is 18.2. The highest BCUT2D eigenvalue weighted by Crippen LogP contribution is 2.03. The van der Waals surface area contributed by atoms with Crippen molar-refractivity contribution in [2.75, 3.05) is 6.61 Å². The summed E-state index contributed by atoms with van der Waals surface area (Å²) in [4.78, 5) is 22.5. The van der Waals surface area contributed by atoms with Gasteiger partial charge in [-0.05, 0) is 26.3 Å². The summed E-state index contributed by atoms with van der Waals surface area (Å²) in [5.74, 6) is -1.24. The van der Waals surface area contributed by atoms with Crippen LogP contribution in [0.4, 0.5) is 0 Å². The van der Waals surface area contributed by atoms with Crippen LogP contribution in [0, 0.1) is 0 Å². The number of aliphatic hydroxyl groups is 2. The van der Waals surface area contributed by atoms with Gasteiger partial charge in [0, 0.05) is 12.2 Å². The molecule has 0 aromatic rings. The maximum absolute atomic E-state index is 11.3. The van der Waals surface area contributed by atoms with Crippen LogP contribution < -0.4 is 0 Å². The van der Waals surface area contributed by atoms with Gasteiger partial charge in [-0.2, -0.15) is 0 Å². The lowest BCUT2D eigenvalue weighted by atomic mass is 10.2. The van der Waals surface area contributed by atoms with Gasteiger partial charge in [-0.25, -0.2) is 9.59 Å². The monoisotopic (exact) mass is 286 g/mol. The van der Waals surface area contributed by atoms with Crippen molar-refractivity contribution < 1.29 is 29.3 Å². The number of aliphatic hydroxyl groups excluding tert-OH is 2. The Kier molecular flexibility index (Phi) is 9.32. The van der Waals surface area contributed by atoms with E-state index in [0.29, 0.717) is 6.42 Å². The standard InChI is InChI=1S/C14H22O6/c1-4-10(2)19-14(18)8-7-12(16)11(3)20-13(17)6-5-9-15/h5-8,10-12,15-16H,4,9H2,1-3H3/b6-5+,8-7+/t10-,11-,12-/m1/s1. The van der Waals surface area contributed by atoms with Gasteiger partial charge in [-0.15, -0.1) is 0 Å². The third kappa shape index (κ3) is 8.44. The summed E-state index contributed by atoms with van der Waals surface area (Å²) in [5.41, 5.74) is 0. The zero-order chi connectivity index (χ0) is 15.5. The van der Waals surface area contributed by atoms with Crippen LogP contribution in [-0.4, -0.2) is 47.1 Å². The predicted molar refractivity (Wildman–Crippen MR) is 72.8 cm³/mol. The lowest BCUT2D eigenvalue weighted by Gasteiger charge is -2.15. The molecule has 6 heteroatoms. The van der Waals surface area contributed by atoms with Crippen LogP contribution >= 0.6 is 0 Å². The molecule has 0 saturated heterocycles. The zero-order valence-corrected chi connectivity index (χ0v) is 12.0. The molecule has 2 N–H and O–H groups in total. The Morgan fingerprint density at radius 3 is 2.30 bits per heavy atom. The molecule has 0 heterocycles. The van der Waals surface area contributed by atoms with E-state index >= 15 is 0 Å². The molecule has 20 heavy (non-hydrogen) atoms. The number of esters is 2. The summed E-state index contributed by atoms with van der Waals surface area (Å²) >= 11 is 0. The summed E-state index contributed by atoms with van der Waals surface area (Å²) in [6.07, 6.45) is 3.16. The predicted octanol–water partition coefficient (Wildman–Crippen LogP) is 0.725. The molecule has 0 amide bonds. The van der Waals surface area contributed by atoms with Crippen molar-refractivity contribution in [3.05, 3.63) is 24.3 Å². The van der Waals surface area contributed by atoms with E-state index in [0.717, 1.165) is 12.2 Å². The molecule has 0 bridgehead atoms. The zero-order valence-electron chi connectivity index (χ0n) is 12.0. The van der Waals surface area contributed by atoms with Crippen LogP contribution in [0.2, 0.25) is 0 Å². The van der Waals surface area contributed by atoms with Gasteiger partial charge in [-0.1, -0.05) is 13.0 Å². The molecule has 0 aliphatic heterocycles. The van der Waals surface area contributed by atoms with Crippen molar-refractivity contribution in [3.8, 4) is 0 Å². The van der Waals surface area contributed by atoms with Crippen LogP contribution in [0.15, 0.2) is 24.3 Å². The van der Waals surface area contributed by atoms with Crippen LogP contribution in [0.1, 0.15) is 27.2 Å². The van der Waals surface area contributed by atoms with Crippen molar-refractivity contribution >= 4 is 11.9 Å². The van der Waals surface area contributed by atoms with Gasteiger partial charge in [0.15, 0.2) is 0 Å². The van der Waals surface area contributed by atoms with E-state index in [1.54, 1.807) is 6.92 Å². The Hall–Kier alpha value is -1.66. The van der Waals surface area contributed by atoms with Gasteiger partial charge < -0.3 is 19.7 Å².